The molecule has 0 heterocycles. The molecular formula is C6H9Cl2FeN2. The van der Waals surface area contributed by atoms with Crippen LogP contribution in [-0.4, -0.2) is 0 Å². The molecule has 0 fully saturated rings. The van der Waals surface area contributed by atoms with E-state index in [9.17, 15) is 0 Å². The monoisotopic (exact) mass is 235 g/mol. The summed E-state index contributed by atoms with van der Waals surface area (Å²) >= 11 is 0. The second-order valence-corrected chi connectivity index (χ2v) is 1.08. The van der Waals surface area contributed by atoms with Crippen LogP contribution in [0.5, 0.6) is 0 Å². The van der Waals surface area contributed by atoms with E-state index in [2.05, 4.69) is 17.8 Å². The second kappa shape index (κ2) is 22.5. The molecule has 0 aromatic heterocycles. The molecule has 0 aliphatic heterocycles. The van der Waals surface area contributed by atoms with Gasteiger partial charge in [0.15, 0.2) is 0 Å². The molecule has 0 saturated carbocycles. The minimum atomic E-state index is 0. The van der Waals surface area contributed by atoms with E-state index in [-0.39, 0.29) is 41.9 Å². The van der Waals surface area contributed by atoms with Gasteiger partial charge in [0.1, 0.15) is 0 Å². The summed E-state index contributed by atoms with van der Waals surface area (Å²) in [4.78, 5) is 0. The van der Waals surface area contributed by atoms with E-state index in [1.54, 1.807) is 0 Å². The van der Waals surface area contributed by atoms with Gasteiger partial charge in [-0.3, -0.25) is 11.7 Å². The van der Waals surface area contributed by atoms with Gasteiger partial charge in [-0.25, -0.2) is 0 Å². The van der Waals surface area contributed by atoms with E-state index in [0.29, 0.717) is 0 Å². The molecule has 65 valence electrons. The fourth-order valence-corrected chi connectivity index (χ4v) is 0.342. The zero-order valence-corrected chi connectivity index (χ0v) is 8.27. The number of rotatable bonds is 0. The maximum atomic E-state index is 4.00. The number of benzene rings is 1. The SMILES string of the molecule is NN.[Cl-].[Cl-].[Fe+3].[c-]1ccccc1. The average molecular weight is 236 g/mol. The third kappa shape index (κ3) is 17.9. The fourth-order valence-electron chi connectivity index (χ4n) is 0.342. The van der Waals surface area contributed by atoms with Crippen molar-refractivity contribution in [1.29, 1.82) is 0 Å². The van der Waals surface area contributed by atoms with E-state index in [0.717, 1.165) is 0 Å². The van der Waals surface area contributed by atoms with Gasteiger partial charge in [-0.1, -0.05) is 0 Å². The van der Waals surface area contributed by atoms with Gasteiger partial charge in [0, 0.05) is 0 Å². The molecule has 0 amide bonds. The van der Waals surface area contributed by atoms with Gasteiger partial charge >= 0.3 is 17.1 Å². The van der Waals surface area contributed by atoms with Gasteiger partial charge < -0.3 is 24.8 Å². The number of nitrogens with two attached hydrogens (primary N) is 2. The minimum absolute atomic E-state index is 0. The number of hydrogen-bond donors (Lipinski definition) is 2. The van der Waals surface area contributed by atoms with Crippen LogP contribution in [-0.2, 0) is 17.1 Å². The van der Waals surface area contributed by atoms with Crippen LogP contribution in [0.3, 0.4) is 0 Å². The number of halogens is 2. The van der Waals surface area contributed by atoms with Gasteiger partial charge in [-0.2, -0.15) is 36.4 Å². The quantitative estimate of drug-likeness (QED) is 0.204. The third-order valence-electron chi connectivity index (χ3n) is 0.607. The average Bonchev–Trinajstić information content (AvgIpc) is 1.96. The van der Waals surface area contributed by atoms with Crippen molar-refractivity contribution in [3.05, 3.63) is 36.4 Å². The van der Waals surface area contributed by atoms with E-state index in [1.165, 1.54) is 0 Å². The Morgan fingerprint density at radius 2 is 1.18 bits per heavy atom. The van der Waals surface area contributed by atoms with Crippen LogP contribution >= 0.6 is 0 Å². The van der Waals surface area contributed by atoms with Gasteiger partial charge in [0.25, 0.3) is 0 Å². The Morgan fingerprint density at radius 3 is 1.27 bits per heavy atom. The van der Waals surface area contributed by atoms with Crippen LogP contribution in [0.15, 0.2) is 30.3 Å². The maximum absolute atomic E-state index is 4.00. The van der Waals surface area contributed by atoms with Gasteiger partial charge in [-0.15, -0.1) is 0 Å². The van der Waals surface area contributed by atoms with Crippen molar-refractivity contribution in [3.63, 3.8) is 0 Å². The summed E-state index contributed by atoms with van der Waals surface area (Å²) in [6, 6.07) is 12.5. The van der Waals surface area contributed by atoms with Gasteiger partial charge in [-0.05, 0) is 0 Å². The molecule has 1 rings (SSSR count). The summed E-state index contributed by atoms with van der Waals surface area (Å²) < 4.78 is 0. The fraction of sp³-hybridized carbons (Fsp3) is 0. The van der Waals surface area contributed by atoms with Crippen molar-refractivity contribution in [1.82, 2.24) is 0 Å². The van der Waals surface area contributed by atoms with Crippen LogP contribution in [0.25, 0.3) is 0 Å². The van der Waals surface area contributed by atoms with Crippen LogP contribution in [0, 0.1) is 6.07 Å². The van der Waals surface area contributed by atoms with Crippen molar-refractivity contribution < 1.29 is 41.9 Å². The first-order valence-electron chi connectivity index (χ1n) is 2.24. The minimum Gasteiger partial charge on any atom is -1.00 e. The molecule has 4 N–H and O–H groups in total. The molecular weight excluding hydrogens is 227 g/mol. The van der Waals surface area contributed by atoms with Crippen LogP contribution in [0.1, 0.15) is 0 Å². The van der Waals surface area contributed by atoms with E-state index >= 15 is 0 Å². The molecule has 2 nitrogen and oxygen atoms in total. The molecule has 0 saturated heterocycles. The first-order chi connectivity index (χ1) is 4.00. The molecule has 0 atom stereocenters. The summed E-state index contributed by atoms with van der Waals surface area (Å²) in [5, 5.41) is 0. The van der Waals surface area contributed by atoms with E-state index in [1.807, 2.05) is 30.3 Å². The van der Waals surface area contributed by atoms with Crippen molar-refractivity contribution in [2.75, 3.05) is 0 Å². The van der Waals surface area contributed by atoms with Crippen molar-refractivity contribution in [3.8, 4) is 0 Å². The topological polar surface area (TPSA) is 52.0 Å². The Hall–Kier alpha value is 0.239. The zero-order valence-electron chi connectivity index (χ0n) is 5.65. The number of hydrogen-bond acceptors (Lipinski definition) is 2. The van der Waals surface area contributed by atoms with Gasteiger partial charge in [0.2, 0.25) is 0 Å². The Labute approximate surface area is 90.0 Å². The molecule has 0 unspecified atom stereocenters. The normalized spacial score (nSPS) is 4.91. The standard InChI is InChI=1S/C6H5.2ClH.Fe.H4N2/c1-2-4-6-5-3-1;;;;1-2/h1-5H;2*1H;;1-2H2/q-1;;;+3;/p-2. The Kier molecular flexibility index (Phi) is 45.9. The zero-order chi connectivity index (χ0) is 6.24. The third-order valence-corrected chi connectivity index (χ3v) is 0.607. The summed E-state index contributed by atoms with van der Waals surface area (Å²) in [5.41, 5.74) is 0. The van der Waals surface area contributed by atoms with Gasteiger partial charge in [0.05, 0.1) is 0 Å². The van der Waals surface area contributed by atoms with Crippen LogP contribution < -0.4 is 36.5 Å². The molecule has 1 aromatic rings. The molecule has 11 heavy (non-hydrogen) atoms. The Balaban J connectivity index is -0.0000000459. The van der Waals surface area contributed by atoms with Crippen LogP contribution in [0.4, 0.5) is 0 Å². The summed E-state index contributed by atoms with van der Waals surface area (Å²) in [7, 11) is 0. The molecule has 5 heteroatoms. The first-order valence-corrected chi connectivity index (χ1v) is 2.24. The predicted octanol–water partition coefficient (Wildman–Crippen LogP) is -5.69. The second-order valence-electron chi connectivity index (χ2n) is 1.08. The smallest absolute Gasteiger partial charge is 1.00 e. The largest absolute Gasteiger partial charge is 3.00 e. The predicted molar refractivity (Wildman–Crippen MR) is 33.7 cm³/mol. The Bertz CT molecular complexity index is 90.5. The van der Waals surface area contributed by atoms with Crippen molar-refractivity contribution in [2.24, 2.45) is 11.7 Å². The molecule has 0 aliphatic rings. The molecule has 1 radical (unpaired) electrons. The molecule has 0 bridgehead atoms. The van der Waals surface area contributed by atoms with E-state index in [4.69, 9.17) is 0 Å². The van der Waals surface area contributed by atoms with Crippen LogP contribution in [0.2, 0.25) is 0 Å². The molecule has 1 aromatic carbocycles. The summed E-state index contributed by atoms with van der Waals surface area (Å²) in [5.74, 6) is 8.00. The molecule has 0 aliphatic carbocycles. The van der Waals surface area contributed by atoms with Crippen molar-refractivity contribution in [2.45, 2.75) is 0 Å². The number of hydrazine groups is 1. The summed E-state index contributed by atoms with van der Waals surface area (Å²) in [6.07, 6.45) is 0. The molecule has 0 spiro atoms. The Morgan fingerprint density at radius 1 is 0.818 bits per heavy atom. The van der Waals surface area contributed by atoms with E-state index < -0.39 is 0 Å². The maximum Gasteiger partial charge on any atom is 3.00 e. The van der Waals surface area contributed by atoms with Crippen molar-refractivity contribution >= 4 is 0 Å². The first kappa shape index (κ1) is 22.5. The summed E-state index contributed by atoms with van der Waals surface area (Å²) in [6.45, 7) is 0.